The van der Waals surface area contributed by atoms with Gasteiger partial charge in [-0.2, -0.15) is 0 Å². The molecule has 0 spiro atoms. The van der Waals surface area contributed by atoms with Gasteiger partial charge >= 0.3 is 0 Å². The molecule has 0 aromatic carbocycles. The smallest absolute Gasteiger partial charge is 0.257 e. The number of hydrogen-bond donors (Lipinski definition) is 1. The molecule has 1 fully saturated rings. The summed E-state index contributed by atoms with van der Waals surface area (Å²) in [5.41, 5.74) is 0. The molecule has 1 unspecified atom stereocenters. The maximum Gasteiger partial charge on any atom is 0.257 e. The fourth-order valence-electron chi connectivity index (χ4n) is 3.33. The zero-order valence-corrected chi connectivity index (χ0v) is 17.7. The minimum Gasteiger partial charge on any atom is -0.488 e. The highest BCUT2D eigenvalue weighted by Crippen LogP contribution is 2.28. The van der Waals surface area contributed by atoms with E-state index in [2.05, 4.69) is 30.2 Å². The predicted molar refractivity (Wildman–Crippen MR) is 116 cm³/mol. The predicted octanol–water partition coefficient (Wildman–Crippen LogP) is 4.25. The molecule has 0 radical (unpaired) electrons. The lowest BCUT2D eigenvalue weighted by molar-refractivity contribution is 0.162. The van der Waals surface area contributed by atoms with Crippen molar-refractivity contribution in [3.05, 3.63) is 53.8 Å². The number of nitrogens with one attached hydrogen (secondary N) is 1. The molecule has 0 amide bonds. The first kappa shape index (κ1) is 21.0. The van der Waals surface area contributed by atoms with Crippen molar-refractivity contribution in [1.82, 2.24) is 19.9 Å². The van der Waals surface area contributed by atoms with Gasteiger partial charge in [-0.05, 0) is 44.0 Å². The normalized spacial score (nSPS) is 16.1. The second-order valence-electron chi connectivity index (χ2n) is 6.92. The Morgan fingerprint density at radius 3 is 3.03 bits per heavy atom. The van der Waals surface area contributed by atoms with E-state index in [-0.39, 0.29) is 17.1 Å². The maximum atomic E-state index is 14.0. The SMILES string of the molecule is CCOc1cccnc1OC1CCCN(c2cncc(Nc3nc(Cl)ccc3F)n2)C1. The van der Waals surface area contributed by atoms with Crippen LogP contribution in [0.2, 0.25) is 5.15 Å². The monoisotopic (exact) mass is 444 g/mol. The standard InChI is InChI=1S/C21H22ClFN6O2/c1-2-30-16-6-3-9-25-21(16)31-14-5-4-10-29(13-14)19-12-24-11-18(27-19)28-20-15(23)7-8-17(22)26-20/h3,6-9,11-12,14H,2,4-5,10,13H2,1H3,(H,26,27,28). The second-order valence-corrected chi connectivity index (χ2v) is 7.31. The van der Waals surface area contributed by atoms with Crippen LogP contribution in [0.25, 0.3) is 0 Å². The molecule has 4 rings (SSSR count). The Hall–Kier alpha value is -3.20. The van der Waals surface area contributed by atoms with E-state index in [9.17, 15) is 4.39 Å². The zero-order chi connectivity index (χ0) is 21.6. The lowest BCUT2D eigenvalue weighted by Gasteiger charge is -2.33. The van der Waals surface area contributed by atoms with Crippen molar-refractivity contribution in [1.29, 1.82) is 0 Å². The van der Waals surface area contributed by atoms with Crippen LogP contribution in [0, 0.1) is 5.82 Å². The van der Waals surface area contributed by atoms with Crippen LogP contribution in [0.15, 0.2) is 42.9 Å². The van der Waals surface area contributed by atoms with Gasteiger partial charge in [-0.1, -0.05) is 11.6 Å². The van der Waals surface area contributed by atoms with Crippen LogP contribution in [-0.2, 0) is 0 Å². The number of piperidine rings is 1. The fourth-order valence-corrected chi connectivity index (χ4v) is 3.47. The van der Waals surface area contributed by atoms with Crippen LogP contribution in [-0.4, -0.2) is 45.7 Å². The number of aromatic nitrogens is 4. The minimum absolute atomic E-state index is 0.00240. The molecule has 4 heterocycles. The average Bonchev–Trinajstić information content (AvgIpc) is 2.78. The van der Waals surface area contributed by atoms with E-state index in [1.807, 2.05) is 19.1 Å². The molecular formula is C21H22ClFN6O2. The third-order valence-corrected chi connectivity index (χ3v) is 4.91. The summed E-state index contributed by atoms with van der Waals surface area (Å²) in [7, 11) is 0. The molecule has 3 aromatic rings. The summed E-state index contributed by atoms with van der Waals surface area (Å²) in [4.78, 5) is 19.1. The van der Waals surface area contributed by atoms with Crippen LogP contribution >= 0.6 is 11.6 Å². The van der Waals surface area contributed by atoms with E-state index in [4.69, 9.17) is 21.1 Å². The van der Waals surface area contributed by atoms with E-state index in [0.29, 0.717) is 36.4 Å². The van der Waals surface area contributed by atoms with Crippen molar-refractivity contribution in [3.8, 4) is 11.6 Å². The Kier molecular flexibility index (Phi) is 6.61. The van der Waals surface area contributed by atoms with Gasteiger partial charge in [0.25, 0.3) is 5.88 Å². The van der Waals surface area contributed by atoms with E-state index in [1.54, 1.807) is 12.4 Å². The van der Waals surface area contributed by atoms with E-state index in [1.165, 1.54) is 18.3 Å². The summed E-state index contributed by atoms with van der Waals surface area (Å²) >= 11 is 5.86. The summed E-state index contributed by atoms with van der Waals surface area (Å²) in [5.74, 6) is 1.62. The van der Waals surface area contributed by atoms with Crippen molar-refractivity contribution in [2.75, 3.05) is 29.9 Å². The lowest BCUT2D eigenvalue weighted by Crippen LogP contribution is -2.41. The van der Waals surface area contributed by atoms with Gasteiger partial charge < -0.3 is 19.7 Å². The highest BCUT2D eigenvalue weighted by atomic mass is 35.5. The largest absolute Gasteiger partial charge is 0.488 e. The summed E-state index contributed by atoms with van der Waals surface area (Å²) in [6.07, 6.45) is 6.59. The zero-order valence-electron chi connectivity index (χ0n) is 17.0. The Morgan fingerprint density at radius 2 is 2.16 bits per heavy atom. The Balaban J connectivity index is 1.46. The molecule has 1 saturated heterocycles. The molecule has 3 aromatic heterocycles. The highest BCUT2D eigenvalue weighted by Gasteiger charge is 2.24. The summed E-state index contributed by atoms with van der Waals surface area (Å²) in [6.45, 7) is 3.88. The molecule has 31 heavy (non-hydrogen) atoms. The number of halogens is 2. The van der Waals surface area contributed by atoms with Gasteiger partial charge in [0, 0.05) is 12.7 Å². The van der Waals surface area contributed by atoms with Crippen LogP contribution in [0.3, 0.4) is 0 Å². The molecular weight excluding hydrogens is 423 g/mol. The topological polar surface area (TPSA) is 85.3 Å². The number of hydrogen-bond acceptors (Lipinski definition) is 8. The van der Waals surface area contributed by atoms with E-state index < -0.39 is 5.82 Å². The maximum absolute atomic E-state index is 14.0. The van der Waals surface area contributed by atoms with E-state index in [0.717, 1.165) is 19.4 Å². The van der Waals surface area contributed by atoms with Crippen LogP contribution in [0.4, 0.5) is 21.8 Å². The number of ether oxygens (including phenoxy) is 2. The van der Waals surface area contributed by atoms with Gasteiger partial charge in [-0.25, -0.2) is 19.3 Å². The second kappa shape index (κ2) is 9.74. The van der Waals surface area contributed by atoms with Gasteiger partial charge in [0.15, 0.2) is 23.2 Å². The Bertz CT molecular complexity index is 1040. The molecule has 1 atom stereocenters. The summed E-state index contributed by atoms with van der Waals surface area (Å²) in [5, 5.41) is 3.02. The van der Waals surface area contributed by atoms with E-state index >= 15 is 0 Å². The summed E-state index contributed by atoms with van der Waals surface area (Å²) in [6, 6.07) is 6.29. The third kappa shape index (κ3) is 5.29. The van der Waals surface area contributed by atoms with Gasteiger partial charge in [0.2, 0.25) is 0 Å². The molecule has 1 aliphatic heterocycles. The van der Waals surface area contributed by atoms with Gasteiger partial charge in [0.1, 0.15) is 17.1 Å². The van der Waals surface area contributed by atoms with Crippen LogP contribution in [0.5, 0.6) is 11.6 Å². The first-order valence-corrected chi connectivity index (χ1v) is 10.4. The number of nitrogens with zero attached hydrogens (tertiary/aromatic N) is 5. The van der Waals surface area contributed by atoms with Crippen molar-refractivity contribution in [2.45, 2.75) is 25.9 Å². The van der Waals surface area contributed by atoms with Crippen LogP contribution in [0.1, 0.15) is 19.8 Å². The van der Waals surface area contributed by atoms with Gasteiger partial charge in [-0.15, -0.1) is 0 Å². The molecule has 0 saturated carbocycles. The highest BCUT2D eigenvalue weighted by molar-refractivity contribution is 6.29. The minimum atomic E-state index is -0.525. The number of rotatable bonds is 7. The first-order valence-electron chi connectivity index (χ1n) is 10.0. The van der Waals surface area contributed by atoms with Crippen molar-refractivity contribution in [2.24, 2.45) is 0 Å². The molecule has 1 N–H and O–H groups in total. The van der Waals surface area contributed by atoms with Gasteiger partial charge in [-0.3, -0.25) is 4.98 Å². The van der Waals surface area contributed by atoms with Crippen molar-refractivity contribution >= 4 is 29.1 Å². The fraction of sp³-hybridized carbons (Fsp3) is 0.333. The molecule has 162 valence electrons. The van der Waals surface area contributed by atoms with Crippen molar-refractivity contribution < 1.29 is 13.9 Å². The Morgan fingerprint density at radius 1 is 1.26 bits per heavy atom. The average molecular weight is 445 g/mol. The Labute approximate surface area is 184 Å². The molecule has 10 heteroatoms. The molecule has 0 bridgehead atoms. The van der Waals surface area contributed by atoms with Crippen molar-refractivity contribution in [3.63, 3.8) is 0 Å². The van der Waals surface area contributed by atoms with Crippen LogP contribution < -0.4 is 19.7 Å². The quantitative estimate of drug-likeness (QED) is 0.541. The lowest BCUT2D eigenvalue weighted by atomic mass is 10.1. The molecule has 8 nitrogen and oxygen atoms in total. The molecule has 0 aliphatic carbocycles. The third-order valence-electron chi connectivity index (χ3n) is 4.70. The molecule has 1 aliphatic rings. The van der Waals surface area contributed by atoms with Gasteiger partial charge in [0.05, 0.1) is 25.5 Å². The number of anilines is 3. The summed E-state index contributed by atoms with van der Waals surface area (Å²) < 4.78 is 25.7. The first-order chi connectivity index (χ1) is 15.1. The number of pyridine rings is 2.